The predicted molar refractivity (Wildman–Crippen MR) is 72.0 cm³/mol. The number of alkyl halides is 3. The molecule has 21 heavy (non-hydrogen) atoms. The largest absolute Gasteiger partial charge is 0.419 e. The van der Waals surface area contributed by atoms with Crippen LogP contribution < -0.4 is 5.32 Å². The van der Waals surface area contributed by atoms with E-state index in [0.717, 1.165) is 19.0 Å². The number of hydrogen-bond acceptors (Lipinski definition) is 2. The van der Waals surface area contributed by atoms with Gasteiger partial charge in [0, 0.05) is 25.2 Å². The SMILES string of the molecule is Cl.O=C(c1ccc(F)c(C(F)(F)F)c1)N1CCCNCC1. The molecule has 0 aliphatic carbocycles. The topological polar surface area (TPSA) is 32.3 Å². The molecule has 2 rings (SSSR count). The first-order chi connectivity index (χ1) is 9.39. The molecular formula is C13H15ClF4N2O. The molecule has 0 atom stereocenters. The van der Waals surface area contributed by atoms with Gasteiger partial charge in [0.25, 0.3) is 5.91 Å². The normalized spacial score (nSPS) is 16.1. The maximum absolute atomic E-state index is 13.2. The van der Waals surface area contributed by atoms with Crippen LogP contribution in [0.25, 0.3) is 0 Å². The van der Waals surface area contributed by atoms with E-state index in [1.165, 1.54) is 4.90 Å². The minimum absolute atomic E-state index is 0. The molecule has 0 saturated carbocycles. The summed E-state index contributed by atoms with van der Waals surface area (Å²) in [5, 5.41) is 3.09. The summed E-state index contributed by atoms with van der Waals surface area (Å²) in [4.78, 5) is 13.6. The van der Waals surface area contributed by atoms with Crippen LogP contribution in [-0.2, 0) is 6.18 Å². The fourth-order valence-electron chi connectivity index (χ4n) is 2.11. The fourth-order valence-corrected chi connectivity index (χ4v) is 2.11. The molecule has 1 aliphatic rings. The third kappa shape index (κ3) is 4.31. The van der Waals surface area contributed by atoms with Gasteiger partial charge in [-0.3, -0.25) is 4.79 Å². The van der Waals surface area contributed by atoms with E-state index in [9.17, 15) is 22.4 Å². The number of carbonyl (C=O) groups is 1. The summed E-state index contributed by atoms with van der Waals surface area (Å²) in [5.41, 5.74) is -1.54. The van der Waals surface area contributed by atoms with Crippen LogP contribution in [-0.4, -0.2) is 37.0 Å². The molecule has 118 valence electrons. The van der Waals surface area contributed by atoms with Gasteiger partial charge in [0.1, 0.15) is 5.82 Å². The molecule has 0 bridgehead atoms. The van der Waals surface area contributed by atoms with Crippen LogP contribution in [0, 0.1) is 5.82 Å². The van der Waals surface area contributed by atoms with Gasteiger partial charge >= 0.3 is 6.18 Å². The van der Waals surface area contributed by atoms with E-state index in [1.54, 1.807) is 0 Å². The quantitative estimate of drug-likeness (QED) is 0.805. The number of benzene rings is 1. The summed E-state index contributed by atoms with van der Waals surface area (Å²) >= 11 is 0. The molecular weight excluding hydrogens is 312 g/mol. The zero-order valence-corrected chi connectivity index (χ0v) is 11.9. The van der Waals surface area contributed by atoms with Crippen molar-refractivity contribution >= 4 is 18.3 Å². The number of halogens is 5. The Labute approximate surface area is 125 Å². The van der Waals surface area contributed by atoms with Gasteiger partial charge in [0.05, 0.1) is 5.56 Å². The highest BCUT2D eigenvalue weighted by atomic mass is 35.5. The molecule has 0 aromatic heterocycles. The van der Waals surface area contributed by atoms with E-state index in [-0.39, 0.29) is 18.0 Å². The maximum Gasteiger partial charge on any atom is 0.419 e. The van der Waals surface area contributed by atoms with Gasteiger partial charge in [-0.25, -0.2) is 4.39 Å². The fraction of sp³-hybridized carbons (Fsp3) is 0.462. The van der Waals surface area contributed by atoms with Gasteiger partial charge in [0.2, 0.25) is 0 Å². The summed E-state index contributed by atoms with van der Waals surface area (Å²) in [6.45, 7) is 2.27. The van der Waals surface area contributed by atoms with Crippen molar-refractivity contribution in [1.82, 2.24) is 10.2 Å². The molecule has 1 amide bonds. The van der Waals surface area contributed by atoms with E-state index in [2.05, 4.69) is 5.32 Å². The first-order valence-electron chi connectivity index (χ1n) is 6.26. The van der Waals surface area contributed by atoms with Crippen molar-refractivity contribution in [2.45, 2.75) is 12.6 Å². The molecule has 0 spiro atoms. The van der Waals surface area contributed by atoms with Crippen molar-refractivity contribution in [3.05, 3.63) is 35.1 Å². The Morgan fingerprint density at radius 3 is 2.57 bits per heavy atom. The molecule has 0 unspecified atom stereocenters. The van der Waals surface area contributed by atoms with Crippen molar-refractivity contribution in [3.8, 4) is 0 Å². The smallest absolute Gasteiger partial charge is 0.337 e. The molecule has 1 saturated heterocycles. The van der Waals surface area contributed by atoms with Crippen LogP contribution in [0.15, 0.2) is 18.2 Å². The summed E-state index contributed by atoms with van der Waals surface area (Å²) in [7, 11) is 0. The van der Waals surface area contributed by atoms with E-state index in [0.29, 0.717) is 31.8 Å². The molecule has 1 aliphatic heterocycles. The lowest BCUT2D eigenvalue weighted by atomic mass is 10.1. The number of carbonyl (C=O) groups excluding carboxylic acids is 1. The van der Waals surface area contributed by atoms with Crippen molar-refractivity contribution < 1.29 is 22.4 Å². The van der Waals surface area contributed by atoms with Gasteiger partial charge in [-0.1, -0.05) is 0 Å². The van der Waals surface area contributed by atoms with Gasteiger partial charge in [-0.2, -0.15) is 13.2 Å². The second kappa shape index (κ2) is 7.09. The van der Waals surface area contributed by atoms with Crippen molar-refractivity contribution in [1.29, 1.82) is 0 Å². The molecule has 8 heteroatoms. The van der Waals surface area contributed by atoms with E-state index in [4.69, 9.17) is 0 Å². The lowest BCUT2D eigenvalue weighted by Crippen LogP contribution is -2.34. The molecule has 1 aromatic rings. The summed E-state index contributed by atoms with van der Waals surface area (Å²) < 4.78 is 51.1. The van der Waals surface area contributed by atoms with Crippen LogP contribution in [0.3, 0.4) is 0 Å². The highest BCUT2D eigenvalue weighted by Crippen LogP contribution is 2.32. The number of hydrogen-bond donors (Lipinski definition) is 1. The van der Waals surface area contributed by atoms with Crippen molar-refractivity contribution in [2.24, 2.45) is 0 Å². The summed E-state index contributed by atoms with van der Waals surface area (Å²) in [6, 6.07) is 2.35. The minimum Gasteiger partial charge on any atom is -0.337 e. The van der Waals surface area contributed by atoms with Crippen LogP contribution in [0.2, 0.25) is 0 Å². The Hall–Kier alpha value is -1.34. The van der Waals surface area contributed by atoms with E-state index >= 15 is 0 Å². The van der Waals surface area contributed by atoms with Gasteiger partial charge in [-0.15, -0.1) is 12.4 Å². The van der Waals surface area contributed by atoms with Crippen LogP contribution in [0.4, 0.5) is 17.6 Å². The molecule has 0 radical (unpaired) electrons. The maximum atomic E-state index is 13.2. The molecule has 1 fully saturated rings. The van der Waals surface area contributed by atoms with Crippen LogP contribution >= 0.6 is 12.4 Å². The standard InChI is InChI=1S/C13H14F4N2O.ClH/c14-11-3-2-9(8-10(11)13(15,16)17)12(20)19-6-1-4-18-5-7-19;/h2-3,8,18H,1,4-7H2;1H. The molecule has 1 heterocycles. The zero-order chi connectivity index (χ0) is 14.8. The van der Waals surface area contributed by atoms with Gasteiger partial charge in [0.15, 0.2) is 0 Å². The Morgan fingerprint density at radius 2 is 1.90 bits per heavy atom. The minimum atomic E-state index is -4.80. The van der Waals surface area contributed by atoms with Crippen molar-refractivity contribution in [3.63, 3.8) is 0 Å². The van der Waals surface area contributed by atoms with Gasteiger partial charge in [-0.05, 0) is 31.2 Å². The Morgan fingerprint density at radius 1 is 1.19 bits per heavy atom. The second-order valence-electron chi connectivity index (χ2n) is 4.59. The molecule has 1 N–H and O–H groups in total. The summed E-state index contributed by atoms with van der Waals surface area (Å²) in [5.74, 6) is -1.87. The zero-order valence-electron chi connectivity index (χ0n) is 11.0. The van der Waals surface area contributed by atoms with E-state index < -0.39 is 23.5 Å². The average molecular weight is 327 g/mol. The lowest BCUT2D eigenvalue weighted by Gasteiger charge is -2.20. The number of nitrogens with one attached hydrogen (secondary N) is 1. The highest BCUT2D eigenvalue weighted by molar-refractivity contribution is 5.94. The van der Waals surface area contributed by atoms with E-state index in [1.807, 2.05) is 0 Å². The van der Waals surface area contributed by atoms with Crippen LogP contribution in [0.1, 0.15) is 22.3 Å². The third-order valence-electron chi connectivity index (χ3n) is 3.15. The van der Waals surface area contributed by atoms with Gasteiger partial charge < -0.3 is 10.2 Å². The van der Waals surface area contributed by atoms with Crippen molar-refractivity contribution in [2.75, 3.05) is 26.2 Å². The number of nitrogens with zero attached hydrogens (tertiary/aromatic N) is 1. The Kier molecular flexibility index (Phi) is 5.98. The first-order valence-corrected chi connectivity index (χ1v) is 6.26. The predicted octanol–water partition coefficient (Wildman–Crippen LogP) is 2.70. The molecule has 1 aromatic carbocycles. The number of amides is 1. The monoisotopic (exact) mass is 326 g/mol. The Bertz CT molecular complexity index is 499. The highest BCUT2D eigenvalue weighted by Gasteiger charge is 2.35. The lowest BCUT2D eigenvalue weighted by molar-refractivity contribution is -0.140. The second-order valence-corrected chi connectivity index (χ2v) is 4.59. The third-order valence-corrected chi connectivity index (χ3v) is 3.15. The Balaban J connectivity index is 0.00000220. The summed E-state index contributed by atoms with van der Waals surface area (Å²) in [6.07, 6.45) is -4.07. The molecule has 3 nitrogen and oxygen atoms in total. The number of rotatable bonds is 1. The first kappa shape index (κ1) is 17.7. The van der Waals surface area contributed by atoms with Crippen LogP contribution in [0.5, 0.6) is 0 Å². The average Bonchev–Trinajstić information content (AvgIpc) is 2.66.